The van der Waals surface area contributed by atoms with Crippen molar-refractivity contribution in [1.29, 1.82) is 0 Å². The Balaban J connectivity index is 2.00. The molecule has 30 heavy (non-hydrogen) atoms. The number of nitrogens with one attached hydrogen (secondary N) is 2. The summed E-state index contributed by atoms with van der Waals surface area (Å²) in [5.74, 6) is 0.741. The lowest BCUT2D eigenvalue weighted by Gasteiger charge is -2.24. The second-order valence-electron chi connectivity index (χ2n) is 7.25. The van der Waals surface area contributed by atoms with Gasteiger partial charge < -0.3 is 20.3 Å². The van der Waals surface area contributed by atoms with E-state index < -0.39 is 12.8 Å². The highest BCUT2D eigenvalue weighted by Gasteiger charge is 2.28. The van der Waals surface area contributed by atoms with Gasteiger partial charge in [0.25, 0.3) is 0 Å². The fourth-order valence-electron chi connectivity index (χ4n) is 2.91. The molecule has 0 spiro atoms. The van der Waals surface area contributed by atoms with Crippen molar-refractivity contribution in [2.75, 3.05) is 34.3 Å². The highest BCUT2D eigenvalue weighted by atomic mass is 19.4. The third-order valence-corrected chi connectivity index (χ3v) is 4.48. The fourth-order valence-corrected chi connectivity index (χ4v) is 2.91. The predicted molar refractivity (Wildman–Crippen MR) is 111 cm³/mol. The van der Waals surface area contributed by atoms with Crippen LogP contribution in [0.3, 0.4) is 0 Å². The molecule has 1 atom stereocenters. The SMILES string of the molecule is CN=C(NCc1ccc(C)cc1OCC(F)(F)F)NCC(c1cnn(C)c1)N(C)C. The molecule has 0 aliphatic heterocycles. The summed E-state index contributed by atoms with van der Waals surface area (Å²) >= 11 is 0. The van der Waals surface area contributed by atoms with Crippen LogP contribution in [0.2, 0.25) is 0 Å². The molecule has 0 fully saturated rings. The lowest BCUT2D eigenvalue weighted by molar-refractivity contribution is -0.153. The quantitative estimate of drug-likeness (QED) is 0.502. The average molecular weight is 426 g/mol. The standard InChI is InChI=1S/C20H29F3N6O/c1-14-6-7-15(18(8-14)30-13-20(21,22)23)9-25-19(24-2)26-11-17(28(3)4)16-10-27-29(5)12-16/h6-8,10,12,17H,9,11,13H2,1-5H3,(H2,24,25,26). The zero-order valence-corrected chi connectivity index (χ0v) is 17.9. The third kappa shape index (κ3) is 7.25. The van der Waals surface area contributed by atoms with E-state index in [2.05, 4.69) is 25.6 Å². The number of ether oxygens (including phenoxy) is 1. The second kappa shape index (κ2) is 10.3. The van der Waals surface area contributed by atoms with Crippen LogP contribution in [0.1, 0.15) is 22.7 Å². The number of benzene rings is 1. The van der Waals surface area contributed by atoms with Gasteiger partial charge in [0, 0.05) is 44.5 Å². The van der Waals surface area contributed by atoms with Gasteiger partial charge >= 0.3 is 6.18 Å². The summed E-state index contributed by atoms with van der Waals surface area (Å²) < 4.78 is 44.4. The maximum Gasteiger partial charge on any atom is 0.422 e. The maximum absolute atomic E-state index is 12.5. The molecule has 0 saturated carbocycles. The lowest BCUT2D eigenvalue weighted by Crippen LogP contribution is -2.41. The highest BCUT2D eigenvalue weighted by molar-refractivity contribution is 5.79. The second-order valence-corrected chi connectivity index (χ2v) is 7.25. The number of hydrogen-bond donors (Lipinski definition) is 2. The van der Waals surface area contributed by atoms with E-state index in [9.17, 15) is 13.2 Å². The van der Waals surface area contributed by atoms with Crippen LogP contribution in [0.5, 0.6) is 5.75 Å². The van der Waals surface area contributed by atoms with E-state index in [0.717, 1.165) is 11.1 Å². The first kappa shape index (κ1) is 23.5. The first-order chi connectivity index (χ1) is 14.1. The van der Waals surface area contributed by atoms with Crippen LogP contribution in [0.15, 0.2) is 35.6 Å². The normalized spacial score (nSPS) is 13.4. The summed E-state index contributed by atoms with van der Waals surface area (Å²) in [5, 5.41) is 10.6. The molecule has 0 amide bonds. The number of likely N-dealkylation sites (N-methyl/N-ethyl adjacent to an activating group) is 1. The predicted octanol–water partition coefficient (Wildman–Crippen LogP) is 2.64. The number of alkyl halides is 3. The van der Waals surface area contributed by atoms with Gasteiger partial charge in [-0.2, -0.15) is 18.3 Å². The molecule has 0 radical (unpaired) electrons. The summed E-state index contributed by atoms with van der Waals surface area (Å²) in [7, 11) is 7.46. The molecule has 1 heterocycles. The zero-order valence-electron chi connectivity index (χ0n) is 17.9. The minimum absolute atomic E-state index is 0.0716. The molecule has 0 aliphatic rings. The van der Waals surface area contributed by atoms with Gasteiger partial charge in [-0.3, -0.25) is 9.67 Å². The largest absolute Gasteiger partial charge is 0.484 e. The topological polar surface area (TPSA) is 66.7 Å². The summed E-state index contributed by atoms with van der Waals surface area (Å²) in [6.07, 6.45) is -0.613. The third-order valence-electron chi connectivity index (χ3n) is 4.48. The lowest BCUT2D eigenvalue weighted by atomic mass is 10.1. The van der Waals surface area contributed by atoms with Gasteiger partial charge in [0.05, 0.1) is 12.2 Å². The van der Waals surface area contributed by atoms with Gasteiger partial charge in [0.1, 0.15) is 5.75 Å². The van der Waals surface area contributed by atoms with Crippen LogP contribution in [0.4, 0.5) is 13.2 Å². The highest BCUT2D eigenvalue weighted by Crippen LogP contribution is 2.23. The number of aliphatic imine (C=N–C) groups is 1. The molecule has 1 aromatic heterocycles. The van der Waals surface area contributed by atoms with Crippen LogP contribution in [-0.4, -0.2) is 61.1 Å². The Labute approximate surface area is 174 Å². The van der Waals surface area contributed by atoms with Crippen LogP contribution >= 0.6 is 0 Å². The maximum atomic E-state index is 12.5. The number of guanidine groups is 1. The minimum Gasteiger partial charge on any atom is -0.484 e. The summed E-state index contributed by atoms with van der Waals surface area (Å²) in [6, 6.07) is 5.25. The monoisotopic (exact) mass is 426 g/mol. The smallest absolute Gasteiger partial charge is 0.422 e. The summed E-state index contributed by atoms with van der Waals surface area (Å²) in [6.45, 7) is 1.32. The molecule has 1 aromatic carbocycles. The minimum atomic E-state index is -4.39. The van der Waals surface area contributed by atoms with E-state index in [1.807, 2.05) is 39.6 Å². The summed E-state index contributed by atoms with van der Waals surface area (Å²) in [5.41, 5.74) is 2.50. The van der Waals surface area contributed by atoms with Crippen LogP contribution < -0.4 is 15.4 Å². The average Bonchev–Trinajstić information content (AvgIpc) is 3.08. The molecule has 2 aromatic rings. The van der Waals surface area contributed by atoms with E-state index in [1.54, 1.807) is 30.8 Å². The number of hydrogen-bond acceptors (Lipinski definition) is 4. The Morgan fingerprint density at radius 1 is 1.30 bits per heavy atom. The first-order valence-corrected chi connectivity index (χ1v) is 9.47. The van der Waals surface area contributed by atoms with Crippen molar-refractivity contribution in [2.24, 2.45) is 12.0 Å². The molecule has 0 bridgehead atoms. The number of nitrogens with zero attached hydrogens (tertiary/aromatic N) is 4. The van der Waals surface area contributed by atoms with E-state index in [0.29, 0.717) is 18.1 Å². The van der Waals surface area contributed by atoms with Gasteiger partial charge in [-0.05, 0) is 32.6 Å². The van der Waals surface area contributed by atoms with E-state index in [1.165, 1.54) is 0 Å². The molecule has 1 unspecified atom stereocenters. The van der Waals surface area contributed by atoms with Gasteiger partial charge in [0.2, 0.25) is 0 Å². The molecule has 2 N–H and O–H groups in total. The van der Waals surface area contributed by atoms with Gasteiger partial charge in [-0.1, -0.05) is 12.1 Å². The molecule has 10 heteroatoms. The Morgan fingerprint density at radius 3 is 2.60 bits per heavy atom. The Hall–Kier alpha value is -2.75. The molecular formula is C20H29F3N6O. The van der Waals surface area contributed by atoms with Gasteiger partial charge in [-0.15, -0.1) is 0 Å². The summed E-state index contributed by atoms with van der Waals surface area (Å²) in [4.78, 5) is 6.27. The number of aromatic nitrogens is 2. The van der Waals surface area contributed by atoms with Crippen molar-refractivity contribution in [2.45, 2.75) is 25.7 Å². The zero-order chi connectivity index (χ0) is 22.3. The number of rotatable bonds is 8. The first-order valence-electron chi connectivity index (χ1n) is 9.47. The van der Waals surface area contributed by atoms with Crippen molar-refractivity contribution in [3.8, 4) is 5.75 Å². The Kier molecular flexibility index (Phi) is 8.10. The number of halogens is 3. The molecular weight excluding hydrogens is 397 g/mol. The molecule has 166 valence electrons. The van der Waals surface area contributed by atoms with Crippen molar-refractivity contribution in [3.63, 3.8) is 0 Å². The van der Waals surface area contributed by atoms with Crippen molar-refractivity contribution < 1.29 is 17.9 Å². The fraction of sp³-hybridized carbons (Fsp3) is 0.500. The Morgan fingerprint density at radius 2 is 2.03 bits per heavy atom. The molecule has 0 aliphatic carbocycles. The molecule has 7 nitrogen and oxygen atoms in total. The van der Waals surface area contributed by atoms with E-state index in [-0.39, 0.29) is 18.3 Å². The Bertz CT molecular complexity index is 847. The van der Waals surface area contributed by atoms with Crippen LogP contribution in [0.25, 0.3) is 0 Å². The van der Waals surface area contributed by atoms with E-state index >= 15 is 0 Å². The number of aryl methyl sites for hydroxylation is 2. The van der Waals surface area contributed by atoms with Crippen molar-refractivity contribution in [1.82, 2.24) is 25.3 Å². The molecule has 0 saturated heterocycles. The van der Waals surface area contributed by atoms with Crippen molar-refractivity contribution in [3.05, 3.63) is 47.3 Å². The van der Waals surface area contributed by atoms with Gasteiger partial charge in [-0.25, -0.2) is 0 Å². The van der Waals surface area contributed by atoms with Crippen LogP contribution in [-0.2, 0) is 13.6 Å². The van der Waals surface area contributed by atoms with Crippen LogP contribution in [0, 0.1) is 6.92 Å². The van der Waals surface area contributed by atoms with E-state index in [4.69, 9.17) is 4.74 Å². The molecule has 2 rings (SSSR count). The van der Waals surface area contributed by atoms with Crippen molar-refractivity contribution >= 4 is 5.96 Å². The van der Waals surface area contributed by atoms with Gasteiger partial charge in [0.15, 0.2) is 12.6 Å².